The number of hydrogen-bond donors (Lipinski definition) is 1. The van der Waals surface area contributed by atoms with Crippen molar-refractivity contribution in [3.8, 4) is 0 Å². The first-order valence-electron chi connectivity index (χ1n) is 2.18. The number of amides is 2. The molecule has 2 amide bonds. The average molecular weight is 173 g/mol. The molecular formula is C4H7FeNO3. The van der Waals surface area contributed by atoms with Crippen molar-refractivity contribution in [1.82, 2.24) is 5.32 Å². The summed E-state index contributed by atoms with van der Waals surface area (Å²) in [7, 11) is 0. The third-order valence-electron chi connectivity index (χ3n) is 0.452. The van der Waals surface area contributed by atoms with Crippen LogP contribution in [0.25, 0.3) is 0 Å². The molecule has 0 aromatic heterocycles. The number of nitrogens with one attached hydrogen (secondary N) is 1. The third kappa shape index (κ3) is 7.46. The van der Waals surface area contributed by atoms with E-state index < -0.39 is 6.09 Å². The van der Waals surface area contributed by atoms with Gasteiger partial charge in [-0.05, 0) is 6.92 Å². The van der Waals surface area contributed by atoms with E-state index in [0.29, 0.717) is 0 Å². The second-order valence-electron chi connectivity index (χ2n) is 0.983. The van der Waals surface area contributed by atoms with Crippen molar-refractivity contribution in [1.29, 1.82) is 0 Å². The smallest absolute Gasteiger partial charge is 0.413 e. The summed E-state index contributed by atoms with van der Waals surface area (Å²) in [6.07, 6.45) is -0.430. The summed E-state index contributed by atoms with van der Waals surface area (Å²) in [5.41, 5.74) is 0. The second-order valence-corrected chi connectivity index (χ2v) is 0.983. The van der Waals surface area contributed by atoms with E-state index in [2.05, 4.69) is 4.74 Å². The number of imide groups is 1. The molecule has 0 aliphatic carbocycles. The zero-order chi connectivity index (χ0) is 6.41. The van der Waals surface area contributed by atoms with Crippen molar-refractivity contribution in [2.75, 3.05) is 6.61 Å². The number of carbonyl (C=O) groups is 2. The van der Waals surface area contributed by atoms with Crippen molar-refractivity contribution in [2.24, 2.45) is 0 Å². The van der Waals surface area contributed by atoms with Crippen molar-refractivity contribution in [3.63, 3.8) is 0 Å². The van der Waals surface area contributed by atoms with Crippen molar-refractivity contribution in [2.45, 2.75) is 6.92 Å². The van der Waals surface area contributed by atoms with E-state index in [9.17, 15) is 9.59 Å². The normalized spacial score (nSPS) is 6.78. The van der Waals surface area contributed by atoms with Crippen LogP contribution >= 0.6 is 0 Å². The Morgan fingerprint density at radius 1 is 1.78 bits per heavy atom. The monoisotopic (exact) mass is 173 g/mol. The van der Waals surface area contributed by atoms with E-state index in [1.807, 2.05) is 0 Å². The van der Waals surface area contributed by atoms with Gasteiger partial charge in [-0.1, -0.05) is 0 Å². The summed E-state index contributed by atoms with van der Waals surface area (Å²) < 4.78 is 4.30. The van der Waals surface area contributed by atoms with Crippen LogP contribution in [0.15, 0.2) is 0 Å². The molecule has 4 nitrogen and oxygen atoms in total. The number of alkyl carbamates (subject to hydrolysis) is 1. The molecule has 0 aliphatic rings. The maximum Gasteiger partial charge on any atom is 0.413 e. The van der Waals surface area contributed by atoms with E-state index in [1.165, 1.54) is 0 Å². The van der Waals surface area contributed by atoms with Gasteiger partial charge in [-0.2, -0.15) is 0 Å². The SMILES string of the molecule is CCOC(=O)NC=O.[Fe]. The van der Waals surface area contributed by atoms with E-state index >= 15 is 0 Å². The third-order valence-corrected chi connectivity index (χ3v) is 0.452. The zero-order valence-electron chi connectivity index (χ0n) is 4.86. The van der Waals surface area contributed by atoms with Gasteiger partial charge in [0.2, 0.25) is 6.41 Å². The Balaban J connectivity index is 0. The van der Waals surface area contributed by atoms with Crippen LogP contribution in [0.4, 0.5) is 4.79 Å². The quantitative estimate of drug-likeness (QED) is 0.468. The maximum absolute atomic E-state index is 10.1. The number of carbonyl (C=O) groups excluding carboxylic acids is 2. The fraction of sp³-hybridized carbons (Fsp3) is 0.500. The molecule has 0 saturated heterocycles. The van der Waals surface area contributed by atoms with Crippen molar-refractivity contribution < 1.29 is 31.4 Å². The second kappa shape index (κ2) is 7.46. The molecule has 54 valence electrons. The Morgan fingerprint density at radius 3 is 2.67 bits per heavy atom. The van der Waals surface area contributed by atoms with Gasteiger partial charge in [0.05, 0.1) is 6.61 Å². The van der Waals surface area contributed by atoms with Crippen LogP contribution < -0.4 is 5.32 Å². The zero-order valence-corrected chi connectivity index (χ0v) is 5.97. The molecule has 0 fully saturated rings. The molecule has 0 bridgehead atoms. The molecule has 0 saturated carbocycles. The molecule has 5 heteroatoms. The summed E-state index contributed by atoms with van der Waals surface area (Å²) in [6.45, 7) is 1.93. The standard InChI is InChI=1S/C4H7NO3.Fe/c1-2-8-4(7)5-3-6;/h3H,2H2,1H3,(H,5,6,7);. The molecule has 9 heavy (non-hydrogen) atoms. The van der Waals surface area contributed by atoms with Gasteiger partial charge in [-0.3, -0.25) is 10.1 Å². The minimum Gasteiger partial charge on any atom is -0.450 e. The molecule has 1 N–H and O–H groups in total. The number of ether oxygens (including phenoxy) is 1. The minimum atomic E-state index is -0.706. The van der Waals surface area contributed by atoms with Gasteiger partial charge in [0.15, 0.2) is 0 Å². The van der Waals surface area contributed by atoms with Gasteiger partial charge < -0.3 is 4.74 Å². The Bertz CT molecular complexity index is 95.8. The molecule has 0 rings (SSSR count). The fourth-order valence-electron chi connectivity index (χ4n) is 0.221. The molecule has 0 atom stereocenters. The van der Waals surface area contributed by atoms with Gasteiger partial charge in [0.25, 0.3) is 0 Å². The fourth-order valence-corrected chi connectivity index (χ4v) is 0.221. The number of hydrogen-bond acceptors (Lipinski definition) is 3. The van der Waals surface area contributed by atoms with Crippen LogP contribution in [0, 0.1) is 0 Å². The molecule has 0 aromatic rings. The Labute approximate surface area is 63.4 Å². The van der Waals surface area contributed by atoms with Crippen LogP contribution in [0.1, 0.15) is 6.92 Å². The van der Waals surface area contributed by atoms with Gasteiger partial charge >= 0.3 is 6.09 Å². The maximum atomic E-state index is 10.1. The summed E-state index contributed by atoms with van der Waals surface area (Å²) in [5, 5.41) is 1.80. The van der Waals surface area contributed by atoms with E-state index in [-0.39, 0.29) is 30.1 Å². The Kier molecular flexibility index (Phi) is 9.35. The van der Waals surface area contributed by atoms with Crippen molar-refractivity contribution in [3.05, 3.63) is 0 Å². The van der Waals surface area contributed by atoms with E-state index in [0.717, 1.165) is 0 Å². The van der Waals surface area contributed by atoms with Crippen LogP contribution in [0.3, 0.4) is 0 Å². The summed E-state index contributed by atoms with van der Waals surface area (Å²) in [4.78, 5) is 19.6. The molecule has 0 spiro atoms. The van der Waals surface area contributed by atoms with Gasteiger partial charge in [0, 0.05) is 17.1 Å². The molecule has 0 unspecified atom stereocenters. The predicted octanol–water partition coefficient (Wildman–Crippen LogP) is -0.114. The Morgan fingerprint density at radius 2 is 2.33 bits per heavy atom. The summed E-state index contributed by atoms with van der Waals surface area (Å²) in [6, 6.07) is 0. The first kappa shape index (κ1) is 11.3. The van der Waals surface area contributed by atoms with Crippen LogP contribution in [-0.4, -0.2) is 19.1 Å². The van der Waals surface area contributed by atoms with Crippen molar-refractivity contribution >= 4 is 12.5 Å². The molecular weight excluding hydrogens is 166 g/mol. The average Bonchev–Trinajstić information content (AvgIpc) is 1.68. The van der Waals surface area contributed by atoms with Crippen LogP contribution in [0.5, 0.6) is 0 Å². The largest absolute Gasteiger partial charge is 0.450 e. The first-order valence-corrected chi connectivity index (χ1v) is 2.18. The number of rotatable bonds is 2. The van der Waals surface area contributed by atoms with Gasteiger partial charge in [-0.25, -0.2) is 4.79 Å². The first-order chi connectivity index (χ1) is 3.81. The van der Waals surface area contributed by atoms with Gasteiger partial charge in [0.1, 0.15) is 0 Å². The Hall–Kier alpha value is -0.541. The minimum absolute atomic E-state index is 0. The van der Waals surface area contributed by atoms with E-state index in [1.54, 1.807) is 12.2 Å². The van der Waals surface area contributed by atoms with Crippen LogP contribution in [-0.2, 0) is 26.6 Å². The molecule has 0 radical (unpaired) electrons. The molecule has 0 aliphatic heterocycles. The van der Waals surface area contributed by atoms with E-state index in [4.69, 9.17) is 0 Å². The van der Waals surface area contributed by atoms with Gasteiger partial charge in [-0.15, -0.1) is 0 Å². The predicted molar refractivity (Wildman–Crippen MR) is 26.2 cm³/mol. The van der Waals surface area contributed by atoms with Crippen LogP contribution in [0.2, 0.25) is 0 Å². The molecule has 0 aromatic carbocycles. The topological polar surface area (TPSA) is 55.4 Å². The summed E-state index contributed by atoms with van der Waals surface area (Å²) >= 11 is 0. The molecule has 0 heterocycles. The summed E-state index contributed by atoms with van der Waals surface area (Å²) in [5.74, 6) is 0.